The molecule has 2 aromatic rings. The van der Waals surface area contributed by atoms with Crippen molar-refractivity contribution in [1.82, 2.24) is 4.98 Å². The summed E-state index contributed by atoms with van der Waals surface area (Å²) in [6.07, 6.45) is 1.82. The van der Waals surface area contributed by atoms with Crippen LogP contribution in [-0.4, -0.2) is 4.98 Å². The van der Waals surface area contributed by atoms with Crippen LogP contribution in [0.25, 0.3) is 0 Å². The number of pyridine rings is 1. The Morgan fingerprint density at radius 1 is 1.29 bits per heavy atom. The first-order valence-electron chi connectivity index (χ1n) is 5.25. The van der Waals surface area contributed by atoms with Gasteiger partial charge in [-0.2, -0.15) is 0 Å². The Morgan fingerprint density at radius 2 is 2.12 bits per heavy atom. The third-order valence-corrected chi connectivity index (χ3v) is 3.03. The van der Waals surface area contributed by atoms with Crippen molar-refractivity contribution in [3.8, 4) is 0 Å². The Labute approximate surface area is 108 Å². The second-order valence-electron chi connectivity index (χ2n) is 3.79. The average Bonchev–Trinajstić information content (AvgIpc) is 2.33. The Morgan fingerprint density at radius 3 is 2.76 bits per heavy atom. The second kappa shape index (κ2) is 5.27. The number of aryl methyl sites for hydroxylation is 1. The van der Waals surface area contributed by atoms with Gasteiger partial charge in [-0.1, -0.05) is 6.07 Å². The highest BCUT2D eigenvalue weighted by atomic mass is 79.9. The molecule has 0 unspecified atom stereocenters. The van der Waals surface area contributed by atoms with Crippen molar-refractivity contribution in [2.24, 2.45) is 0 Å². The van der Waals surface area contributed by atoms with Gasteiger partial charge in [0.15, 0.2) is 0 Å². The minimum atomic E-state index is -0.267. The number of nitrogens with zero attached hydrogens (tertiary/aromatic N) is 1. The highest BCUT2D eigenvalue weighted by Gasteiger charge is 2.00. The normalized spacial score (nSPS) is 10.3. The van der Waals surface area contributed by atoms with Gasteiger partial charge < -0.3 is 5.32 Å². The zero-order valence-corrected chi connectivity index (χ0v) is 11.0. The molecule has 0 aliphatic carbocycles. The molecule has 0 fully saturated rings. The lowest BCUT2D eigenvalue weighted by Crippen LogP contribution is -2.00. The summed E-state index contributed by atoms with van der Waals surface area (Å²) in [5.74, 6) is -0.267. The summed E-state index contributed by atoms with van der Waals surface area (Å²) in [6.45, 7) is 2.58. The monoisotopic (exact) mass is 294 g/mol. The first-order chi connectivity index (χ1) is 8.15. The van der Waals surface area contributed by atoms with E-state index in [2.05, 4.69) is 26.2 Å². The van der Waals surface area contributed by atoms with Crippen LogP contribution in [0.15, 0.2) is 41.0 Å². The Balaban J connectivity index is 2.02. The van der Waals surface area contributed by atoms with Gasteiger partial charge in [-0.15, -0.1) is 0 Å². The Bertz CT molecular complexity index is 511. The summed E-state index contributed by atoms with van der Waals surface area (Å²) in [7, 11) is 0. The Kier molecular flexibility index (Phi) is 3.74. The second-order valence-corrected chi connectivity index (χ2v) is 4.64. The fraction of sp³-hybridized carbons (Fsp3) is 0.154. The van der Waals surface area contributed by atoms with Crippen molar-refractivity contribution in [1.29, 1.82) is 0 Å². The van der Waals surface area contributed by atoms with Crippen LogP contribution in [0.1, 0.15) is 11.3 Å². The molecule has 2 nitrogen and oxygen atoms in total. The van der Waals surface area contributed by atoms with Crippen LogP contribution in [0.2, 0.25) is 0 Å². The van der Waals surface area contributed by atoms with E-state index in [1.165, 1.54) is 6.07 Å². The molecule has 1 aromatic carbocycles. The summed E-state index contributed by atoms with van der Waals surface area (Å²) in [4.78, 5) is 4.20. The largest absolute Gasteiger partial charge is 0.381 e. The zero-order chi connectivity index (χ0) is 12.3. The molecule has 1 aromatic heterocycles. The number of halogens is 2. The van der Waals surface area contributed by atoms with Crippen LogP contribution < -0.4 is 5.32 Å². The van der Waals surface area contributed by atoms with Gasteiger partial charge in [-0.3, -0.25) is 4.98 Å². The minimum absolute atomic E-state index is 0.267. The molecule has 0 saturated heterocycles. The summed E-state index contributed by atoms with van der Waals surface area (Å²) >= 11 is 3.12. The predicted molar refractivity (Wildman–Crippen MR) is 70.4 cm³/mol. The number of nitrogens with one attached hydrogen (secondary N) is 1. The topological polar surface area (TPSA) is 24.9 Å². The maximum Gasteiger partial charge on any atom is 0.139 e. The highest BCUT2D eigenvalue weighted by molar-refractivity contribution is 9.10. The molecule has 2 rings (SSSR count). The van der Waals surface area contributed by atoms with E-state index in [9.17, 15) is 4.39 Å². The van der Waals surface area contributed by atoms with Crippen molar-refractivity contribution in [2.75, 3.05) is 5.32 Å². The van der Waals surface area contributed by atoms with Crippen molar-refractivity contribution in [3.05, 3.63) is 58.1 Å². The van der Waals surface area contributed by atoms with Gasteiger partial charge in [0.05, 0.1) is 4.47 Å². The summed E-state index contributed by atoms with van der Waals surface area (Å²) in [6, 6.07) is 8.94. The number of anilines is 1. The van der Waals surface area contributed by atoms with Crippen LogP contribution >= 0.6 is 15.9 Å². The molecule has 0 aliphatic rings. The smallest absolute Gasteiger partial charge is 0.139 e. The highest BCUT2D eigenvalue weighted by Crippen LogP contribution is 2.19. The van der Waals surface area contributed by atoms with E-state index >= 15 is 0 Å². The molecule has 0 spiro atoms. The number of hydrogen-bond donors (Lipinski definition) is 1. The van der Waals surface area contributed by atoms with Crippen LogP contribution in [0.4, 0.5) is 10.1 Å². The molecule has 4 heteroatoms. The number of hydrogen-bond acceptors (Lipinski definition) is 2. The molecule has 0 atom stereocenters. The fourth-order valence-corrected chi connectivity index (χ4v) is 1.66. The predicted octanol–water partition coefficient (Wildman–Crippen LogP) is 3.90. The van der Waals surface area contributed by atoms with Crippen molar-refractivity contribution < 1.29 is 4.39 Å². The first-order valence-corrected chi connectivity index (χ1v) is 6.05. The molecule has 88 valence electrons. The van der Waals surface area contributed by atoms with Crippen LogP contribution in [-0.2, 0) is 6.54 Å². The van der Waals surface area contributed by atoms with Gasteiger partial charge in [0, 0.05) is 24.1 Å². The molecule has 0 radical (unpaired) electrons. The maximum absolute atomic E-state index is 13.3. The SMILES string of the molecule is Cc1ccc(CNc2ccc(Br)c(F)c2)cn1. The van der Waals surface area contributed by atoms with Gasteiger partial charge >= 0.3 is 0 Å². The number of aromatic nitrogens is 1. The van der Waals surface area contributed by atoms with Crippen molar-refractivity contribution in [3.63, 3.8) is 0 Å². The van der Waals surface area contributed by atoms with Crippen LogP contribution in [0.5, 0.6) is 0 Å². The molecule has 1 N–H and O–H groups in total. The van der Waals surface area contributed by atoms with Crippen LogP contribution in [0.3, 0.4) is 0 Å². The van der Waals surface area contributed by atoms with Crippen molar-refractivity contribution in [2.45, 2.75) is 13.5 Å². The van der Waals surface area contributed by atoms with Gasteiger partial charge in [0.25, 0.3) is 0 Å². The van der Waals surface area contributed by atoms with Crippen LogP contribution in [0, 0.1) is 12.7 Å². The molecule has 17 heavy (non-hydrogen) atoms. The lowest BCUT2D eigenvalue weighted by Gasteiger charge is -2.07. The standard InChI is InChI=1S/C13H12BrFN2/c1-9-2-3-10(7-16-9)8-17-11-4-5-12(14)13(15)6-11/h2-7,17H,8H2,1H3. The van der Waals surface area contributed by atoms with E-state index < -0.39 is 0 Å². The Hall–Kier alpha value is -1.42. The summed E-state index contributed by atoms with van der Waals surface area (Å²) < 4.78 is 13.7. The molecule has 0 aliphatic heterocycles. The fourth-order valence-electron chi connectivity index (χ4n) is 1.41. The van der Waals surface area contributed by atoms with Crippen molar-refractivity contribution >= 4 is 21.6 Å². The molecular formula is C13H12BrFN2. The van der Waals surface area contributed by atoms with Gasteiger partial charge in [0.1, 0.15) is 5.82 Å². The third kappa shape index (κ3) is 3.27. The van der Waals surface area contributed by atoms with E-state index in [0.717, 1.165) is 16.9 Å². The lowest BCUT2D eigenvalue weighted by atomic mass is 10.2. The quantitative estimate of drug-likeness (QED) is 0.928. The summed E-state index contributed by atoms with van der Waals surface area (Å²) in [5, 5.41) is 3.15. The minimum Gasteiger partial charge on any atom is -0.381 e. The molecule has 0 saturated carbocycles. The maximum atomic E-state index is 13.3. The van der Waals surface area contributed by atoms with Gasteiger partial charge in [0.2, 0.25) is 0 Å². The average molecular weight is 295 g/mol. The zero-order valence-electron chi connectivity index (χ0n) is 9.37. The lowest BCUT2D eigenvalue weighted by molar-refractivity contribution is 0.621. The molecule has 1 heterocycles. The van der Waals surface area contributed by atoms with E-state index in [1.54, 1.807) is 6.07 Å². The molecule has 0 amide bonds. The molecular weight excluding hydrogens is 283 g/mol. The summed E-state index contributed by atoms with van der Waals surface area (Å²) in [5.41, 5.74) is 2.81. The molecule has 0 bridgehead atoms. The van der Waals surface area contributed by atoms with Gasteiger partial charge in [-0.05, 0) is 52.7 Å². The van der Waals surface area contributed by atoms with E-state index in [-0.39, 0.29) is 5.82 Å². The first kappa shape index (κ1) is 12.0. The van der Waals surface area contributed by atoms with E-state index in [0.29, 0.717) is 11.0 Å². The third-order valence-electron chi connectivity index (χ3n) is 2.39. The number of benzene rings is 1. The van der Waals surface area contributed by atoms with Gasteiger partial charge in [-0.25, -0.2) is 4.39 Å². The van der Waals surface area contributed by atoms with E-state index in [1.807, 2.05) is 31.3 Å². The number of rotatable bonds is 3. The van der Waals surface area contributed by atoms with E-state index in [4.69, 9.17) is 0 Å².